The van der Waals surface area contributed by atoms with Crippen LogP contribution in [0.2, 0.25) is 0 Å². The molecule has 0 aromatic rings. The lowest BCUT2D eigenvalue weighted by molar-refractivity contribution is 0.247. The molecular weight excluding hydrogens is 154 g/mol. The zero-order valence-corrected chi connectivity index (χ0v) is 6.94. The first kappa shape index (κ1) is 8.75. The number of likely N-dealkylation sites (N-methyl/N-ethyl adjacent to an activating group) is 1. The Morgan fingerprint density at radius 3 is 3.00 bits per heavy atom. The molecule has 0 saturated carbocycles. The molecule has 0 fully saturated rings. The quantitative estimate of drug-likeness (QED) is 0.268. The molecule has 0 saturated heterocycles. The van der Waals surface area contributed by atoms with Crippen molar-refractivity contribution in [1.82, 2.24) is 4.90 Å². The maximum Gasteiger partial charge on any atom is 0.151 e. The monoisotopic (exact) mass is 165 g/mol. The van der Waals surface area contributed by atoms with E-state index in [2.05, 4.69) is 11.2 Å². The van der Waals surface area contributed by atoms with Gasteiger partial charge in [-0.1, -0.05) is 17.3 Å². The average Bonchev–Trinajstić information content (AvgIpc) is 2.10. The Bertz CT molecular complexity index is 254. The van der Waals surface area contributed by atoms with Crippen molar-refractivity contribution in [3.05, 3.63) is 12.2 Å². The molecule has 64 valence electrons. The van der Waals surface area contributed by atoms with Crippen molar-refractivity contribution in [1.29, 1.82) is 5.26 Å². The van der Waals surface area contributed by atoms with Crippen molar-refractivity contribution in [3.63, 3.8) is 0 Å². The molecular formula is C8H11N3O. The summed E-state index contributed by atoms with van der Waals surface area (Å²) in [5.41, 5.74) is -0.760. The maximum absolute atomic E-state index is 8.92. The predicted molar refractivity (Wildman–Crippen MR) is 45.0 cm³/mol. The molecule has 12 heavy (non-hydrogen) atoms. The Balaban J connectivity index is 2.92. The van der Waals surface area contributed by atoms with Gasteiger partial charge in [0, 0.05) is 13.0 Å². The van der Waals surface area contributed by atoms with Gasteiger partial charge in [0.25, 0.3) is 0 Å². The highest BCUT2D eigenvalue weighted by atomic mass is 16.4. The number of nitrogens with zero attached hydrogens (tertiary/aromatic N) is 3. The summed E-state index contributed by atoms with van der Waals surface area (Å²) in [5, 5.41) is 20.2. The van der Waals surface area contributed by atoms with Crippen LogP contribution < -0.4 is 0 Å². The molecule has 0 aromatic heterocycles. The van der Waals surface area contributed by atoms with Crippen molar-refractivity contribution in [2.75, 3.05) is 13.6 Å². The lowest BCUT2D eigenvalue weighted by Crippen LogP contribution is -2.48. The van der Waals surface area contributed by atoms with Crippen LogP contribution in [0.25, 0.3) is 0 Å². The Morgan fingerprint density at radius 1 is 1.75 bits per heavy atom. The maximum atomic E-state index is 8.92. The first-order valence-electron chi connectivity index (χ1n) is 3.71. The Hall–Kier alpha value is -1.34. The summed E-state index contributed by atoms with van der Waals surface area (Å²) in [6.45, 7) is 0.708. The predicted octanol–water partition coefficient (Wildman–Crippen LogP) is 0.600. The third-order valence-electron chi connectivity index (χ3n) is 2.12. The summed E-state index contributed by atoms with van der Waals surface area (Å²) in [6, 6.07) is 2.13. The van der Waals surface area contributed by atoms with E-state index in [9.17, 15) is 0 Å². The highest BCUT2D eigenvalue weighted by Gasteiger charge is 2.33. The van der Waals surface area contributed by atoms with Crippen LogP contribution in [-0.4, -0.2) is 35.5 Å². The fraction of sp³-hybridized carbons (Fsp3) is 0.500. The zero-order chi connectivity index (χ0) is 9.03. The minimum atomic E-state index is -0.760. The van der Waals surface area contributed by atoms with Crippen LogP contribution in [0.3, 0.4) is 0 Å². The fourth-order valence-corrected chi connectivity index (χ4v) is 1.22. The summed E-state index contributed by atoms with van der Waals surface area (Å²) in [4.78, 5) is 1.84. The molecule has 1 aliphatic heterocycles. The number of rotatable bonds is 1. The van der Waals surface area contributed by atoms with Gasteiger partial charge in [0.05, 0.1) is 12.3 Å². The van der Waals surface area contributed by atoms with Crippen molar-refractivity contribution < 1.29 is 5.21 Å². The third kappa shape index (κ3) is 1.31. The Kier molecular flexibility index (Phi) is 2.46. The molecule has 0 aliphatic carbocycles. The molecule has 4 heteroatoms. The second-order valence-corrected chi connectivity index (χ2v) is 2.84. The molecule has 4 nitrogen and oxygen atoms in total. The molecule has 0 amide bonds. The van der Waals surface area contributed by atoms with Gasteiger partial charge in [-0.15, -0.1) is 0 Å². The van der Waals surface area contributed by atoms with E-state index in [1.165, 1.54) is 6.21 Å². The van der Waals surface area contributed by atoms with Gasteiger partial charge in [0.2, 0.25) is 0 Å². The van der Waals surface area contributed by atoms with Gasteiger partial charge in [-0.05, 0) is 7.05 Å². The first-order valence-corrected chi connectivity index (χ1v) is 3.71. The number of hydrogen-bond acceptors (Lipinski definition) is 4. The van der Waals surface area contributed by atoms with Gasteiger partial charge in [0.15, 0.2) is 5.54 Å². The summed E-state index contributed by atoms with van der Waals surface area (Å²) in [6.07, 6.45) is 5.76. The van der Waals surface area contributed by atoms with Gasteiger partial charge in [-0.25, -0.2) is 0 Å². The second-order valence-electron chi connectivity index (χ2n) is 2.84. The smallest absolute Gasteiger partial charge is 0.151 e. The molecule has 1 aliphatic rings. The van der Waals surface area contributed by atoms with E-state index >= 15 is 0 Å². The molecule has 1 unspecified atom stereocenters. The SMILES string of the molecule is CN1CC=CCC1(C#N)C=NO. The second kappa shape index (κ2) is 3.37. The normalized spacial score (nSPS) is 30.7. The van der Waals surface area contributed by atoms with E-state index in [-0.39, 0.29) is 0 Å². The van der Waals surface area contributed by atoms with E-state index in [0.717, 1.165) is 0 Å². The van der Waals surface area contributed by atoms with Gasteiger partial charge in [0.1, 0.15) is 0 Å². The minimum absolute atomic E-state index is 0.573. The summed E-state index contributed by atoms with van der Waals surface area (Å²) in [7, 11) is 1.83. The molecule has 0 spiro atoms. The Labute approximate surface area is 71.4 Å². The lowest BCUT2D eigenvalue weighted by Gasteiger charge is -2.33. The van der Waals surface area contributed by atoms with E-state index in [4.69, 9.17) is 10.5 Å². The Morgan fingerprint density at radius 2 is 2.50 bits per heavy atom. The zero-order valence-electron chi connectivity index (χ0n) is 6.94. The van der Waals surface area contributed by atoms with Crippen LogP contribution in [0, 0.1) is 11.3 Å². The van der Waals surface area contributed by atoms with Crippen molar-refractivity contribution >= 4 is 6.21 Å². The molecule has 1 heterocycles. The van der Waals surface area contributed by atoms with Gasteiger partial charge < -0.3 is 5.21 Å². The number of hydrogen-bond donors (Lipinski definition) is 1. The van der Waals surface area contributed by atoms with Crippen LogP contribution >= 0.6 is 0 Å². The first-order chi connectivity index (χ1) is 5.75. The van der Waals surface area contributed by atoms with Crippen LogP contribution in [0.5, 0.6) is 0 Å². The molecule has 0 bridgehead atoms. The van der Waals surface area contributed by atoms with Crippen molar-refractivity contribution in [3.8, 4) is 6.07 Å². The molecule has 0 radical (unpaired) electrons. The minimum Gasteiger partial charge on any atom is -0.411 e. The third-order valence-corrected chi connectivity index (χ3v) is 2.12. The van der Waals surface area contributed by atoms with Crippen LogP contribution in [-0.2, 0) is 0 Å². The van der Waals surface area contributed by atoms with Gasteiger partial charge in [-0.3, -0.25) is 4.90 Å². The van der Waals surface area contributed by atoms with E-state index in [1.807, 2.05) is 24.1 Å². The summed E-state index contributed by atoms with van der Waals surface area (Å²) < 4.78 is 0. The summed E-state index contributed by atoms with van der Waals surface area (Å²) >= 11 is 0. The highest BCUT2D eigenvalue weighted by Crippen LogP contribution is 2.19. The lowest BCUT2D eigenvalue weighted by atomic mass is 9.94. The summed E-state index contributed by atoms with van der Waals surface area (Å²) in [5.74, 6) is 0. The molecule has 1 rings (SSSR count). The molecule has 1 N–H and O–H groups in total. The van der Waals surface area contributed by atoms with Crippen LogP contribution in [0.1, 0.15) is 6.42 Å². The number of oxime groups is 1. The van der Waals surface area contributed by atoms with E-state index in [0.29, 0.717) is 13.0 Å². The van der Waals surface area contributed by atoms with Gasteiger partial charge >= 0.3 is 0 Å². The average molecular weight is 165 g/mol. The highest BCUT2D eigenvalue weighted by molar-refractivity contribution is 5.74. The van der Waals surface area contributed by atoms with E-state index in [1.54, 1.807) is 0 Å². The van der Waals surface area contributed by atoms with Crippen molar-refractivity contribution in [2.45, 2.75) is 12.0 Å². The topological polar surface area (TPSA) is 59.6 Å². The fourth-order valence-electron chi connectivity index (χ4n) is 1.22. The molecule has 1 atom stereocenters. The molecule has 0 aromatic carbocycles. The standard InChI is InChI=1S/C8H11N3O/c1-11-5-3-2-4-8(11,6-9)7-10-12/h2-3,7,12H,4-5H2,1H3. The van der Waals surface area contributed by atoms with Crippen LogP contribution in [0.4, 0.5) is 0 Å². The number of nitriles is 1. The largest absolute Gasteiger partial charge is 0.411 e. The van der Waals surface area contributed by atoms with E-state index < -0.39 is 5.54 Å². The van der Waals surface area contributed by atoms with Gasteiger partial charge in [-0.2, -0.15) is 5.26 Å². The van der Waals surface area contributed by atoms with Crippen molar-refractivity contribution in [2.24, 2.45) is 5.16 Å². The van der Waals surface area contributed by atoms with Crippen LogP contribution in [0.15, 0.2) is 17.3 Å².